The second-order valence-electron chi connectivity index (χ2n) is 4.68. The van der Waals surface area contributed by atoms with Crippen molar-refractivity contribution >= 4 is 15.9 Å². The molecular weight excluding hydrogens is 292 g/mol. The van der Waals surface area contributed by atoms with Gasteiger partial charge >= 0.3 is 0 Å². The number of carbonyl (C=O) groups is 1. The third-order valence-corrected chi connectivity index (χ3v) is 4.44. The third kappa shape index (κ3) is 5.45. The maximum absolute atomic E-state index is 11.9. The number of benzene rings is 1. The van der Waals surface area contributed by atoms with Crippen LogP contribution in [0.25, 0.3) is 0 Å². The van der Waals surface area contributed by atoms with Crippen molar-refractivity contribution in [1.29, 1.82) is 0 Å². The minimum Gasteiger partial charge on any atom is -0.391 e. The Morgan fingerprint density at radius 3 is 2.38 bits per heavy atom. The number of sulfonamides is 1. The summed E-state index contributed by atoms with van der Waals surface area (Å²) in [6.07, 6.45) is 0.904. The lowest BCUT2D eigenvalue weighted by Gasteiger charge is -2.11. The number of amides is 1. The maximum Gasteiger partial charge on any atom is 0.251 e. The van der Waals surface area contributed by atoms with Gasteiger partial charge in [0.15, 0.2) is 0 Å². The molecule has 1 rings (SSSR count). The molecule has 6 nitrogen and oxygen atoms in total. The highest BCUT2D eigenvalue weighted by molar-refractivity contribution is 7.89. The average Bonchev–Trinajstić information content (AvgIpc) is 2.45. The van der Waals surface area contributed by atoms with E-state index in [1.54, 1.807) is 6.92 Å². The second kappa shape index (κ2) is 8.11. The molecular formula is C14H22N2O4S. The van der Waals surface area contributed by atoms with Gasteiger partial charge < -0.3 is 10.4 Å². The molecule has 118 valence electrons. The highest BCUT2D eigenvalue weighted by Crippen LogP contribution is 2.10. The van der Waals surface area contributed by atoms with Crippen LogP contribution in [0, 0.1) is 0 Å². The number of rotatable bonds is 8. The van der Waals surface area contributed by atoms with Crippen molar-refractivity contribution in [3.8, 4) is 0 Å². The fourth-order valence-corrected chi connectivity index (χ4v) is 2.85. The third-order valence-electron chi connectivity index (χ3n) is 2.88. The van der Waals surface area contributed by atoms with Crippen molar-refractivity contribution in [1.82, 2.24) is 10.0 Å². The quantitative estimate of drug-likeness (QED) is 0.663. The Labute approximate surface area is 125 Å². The average molecular weight is 314 g/mol. The van der Waals surface area contributed by atoms with E-state index in [9.17, 15) is 18.3 Å². The summed E-state index contributed by atoms with van der Waals surface area (Å²) in [6, 6.07) is 5.67. The fraction of sp³-hybridized carbons (Fsp3) is 0.500. The lowest BCUT2D eigenvalue weighted by atomic mass is 10.2. The van der Waals surface area contributed by atoms with E-state index in [0.717, 1.165) is 6.42 Å². The number of aliphatic hydroxyl groups is 1. The summed E-state index contributed by atoms with van der Waals surface area (Å²) in [5, 5.41) is 12.2. The summed E-state index contributed by atoms with van der Waals surface area (Å²) in [4.78, 5) is 12.0. The van der Waals surface area contributed by atoms with Gasteiger partial charge in [0, 0.05) is 18.7 Å². The minimum atomic E-state index is -3.51. The molecule has 0 saturated carbocycles. The van der Waals surface area contributed by atoms with Gasteiger partial charge in [-0.15, -0.1) is 0 Å². The predicted molar refractivity (Wildman–Crippen MR) is 80.6 cm³/mol. The predicted octanol–water partition coefficient (Wildman–Crippen LogP) is 0.876. The summed E-state index contributed by atoms with van der Waals surface area (Å²) in [5.41, 5.74) is 0.356. The first-order valence-electron chi connectivity index (χ1n) is 6.96. The van der Waals surface area contributed by atoms with Crippen LogP contribution in [-0.4, -0.2) is 38.6 Å². The Morgan fingerprint density at radius 1 is 1.24 bits per heavy atom. The zero-order valence-corrected chi connectivity index (χ0v) is 13.1. The summed E-state index contributed by atoms with van der Waals surface area (Å²) in [5.74, 6) is -0.336. The summed E-state index contributed by atoms with van der Waals surface area (Å²) >= 11 is 0. The zero-order chi connectivity index (χ0) is 15.9. The van der Waals surface area contributed by atoms with Crippen molar-refractivity contribution in [2.75, 3.05) is 13.1 Å². The maximum atomic E-state index is 11.9. The molecule has 3 N–H and O–H groups in total. The van der Waals surface area contributed by atoms with Crippen LogP contribution in [0.4, 0.5) is 0 Å². The summed E-state index contributed by atoms with van der Waals surface area (Å²) in [6.45, 7) is 4.14. The standard InChI is InChI=1S/C14H22N2O4S/c1-3-5-12(17)10-15-14(18)11-6-8-13(9-7-11)21(19,20)16-4-2/h6-9,12,16-17H,3-5,10H2,1-2H3,(H,15,18). The van der Waals surface area contributed by atoms with Crippen LogP contribution >= 0.6 is 0 Å². The topological polar surface area (TPSA) is 95.5 Å². The highest BCUT2D eigenvalue weighted by atomic mass is 32.2. The van der Waals surface area contributed by atoms with Crippen molar-refractivity contribution in [3.63, 3.8) is 0 Å². The van der Waals surface area contributed by atoms with E-state index in [-0.39, 0.29) is 17.3 Å². The first kappa shape index (κ1) is 17.6. The lowest BCUT2D eigenvalue weighted by Crippen LogP contribution is -2.32. The van der Waals surface area contributed by atoms with Gasteiger partial charge in [0.2, 0.25) is 10.0 Å². The Kier molecular flexibility index (Phi) is 6.80. The van der Waals surface area contributed by atoms with Gasteiger partial charge in [-0.25, -0.2) is 13.1 Å². The number of carbonyl (C=O) groups excluding carboxylic acids is 1. The lowest BCUT2D eigenvalue weighted by molar-refractivity contribution is 0.0910. The molecule has 1 unspecified atom stereocenters. The highest BCUT2D eigenvalue weighted by Gasteiger charge is 2.14. The molecule has 1 amide bonds. The van der Waals surface area contributed by atoms with Crippen molar-refractivity contribution in [2.24, 2.45) is 0 Å². The molecule has 0 aliphatic rings. The van der Waals surface area contributed by atoms with Crippen LogP contribution in [0.3, 0.4) is 0 Å². The van der Waals surface area contributed by atoms with Crippen molar-refractivity contribution in [3.05, 3.63) is 29.8 Å². The number of nitrogens with one attached hydrogen (secondary N) is 2. The Balaban J connectivity index is 2.68. The van der Waals surface area contributed by atoms with E-state index >= 15 is 0 Å². The van der Waals surface area contributed by atoms with Gasteiger partial charge in [0.1, 0.15) is 0 Å². The molecule has 0 aliphatic heterocycles. The van der Waals surface area contributed by atoms with Crippen LogP contribution in [0.5, 0.6) is 0 Å². The number of aliphatic hydroxyl groups excluding tert-OH is 1. The normalized spacial score (nSPS) is 12.9. The van der Waals surface area contributed by atoms with Gasteiger partial charge in [0.25, 0.3) is 5.91 Å². The molecule has 0 saturated heterocycles. The first-order chi connectivity index (χ1) is 9.90. The van der Waals surface area contributed by atoms with Gasteiger partial charge in [-0.2, -0.15) is 0 Å². The molecule has 1 aromatic carbocycles. The van der Waals surface area contributed by atoms with E-state index in [4.69, 9.17) is 0 Å². The number of hydrogen-bond donors (Lipinski definition) is 3. The zero-order valence-electron chi connectivity index (χ0n) is 12.3. The largest absolute Gasteiger partial charge is 0.391 e. The monoisotopic (exact) mass is 314 g/mol. The molecule has 1 aromatic rings. The minimum absolute atomic E-state index is 0.118. The smallest absolute Gasteiger partial charge is 0.251 e. The Hall–Kier alpha value is -1.44. The van der Waals surface area contributed by atoms with Crippen LogP contribution in [0.1, 0.15) is 37.0 Å². The Morgan fingerprint density at radius 2 is 1.86 bits per heavy atom. The van der Waals surface area contributed by atoms with E-state index in [1.807, 2.05) is 6.92 Å². The Bertz CT molecular complexity index is 555. The number of hydrogen-bond acceptors (Lipinski definition) is 4. The molecule has 0 spiro atoms. The van der Waals surface area contributed by atoms with Crippen LogP contribution in [0.15, 0.2) is 29.2 Å². The molecule has 1 atom stereocenters. The SMILES string of the molecule is CCCC(O)CNC(=O)c1ccc(S(=O)(=O)NCC)cc1. The van der Waals surface area contributed by atoms with Crippen molar-refractivity contribution in [2.45, 2.75) is 37.7 Å². The second-order valence-corrected chi connectivity index (χ2v) is 6.45. The fourth-order valence-electron chi connectivity index (χ4n) is 1.81. The molecule has 0 aromatic heterocycles. The van der Waals surface area contributed by atoms with Gasteiger partial charge in [-0.1, -0.05) is 20.3 Å². The van der Waals surface area contributed by atoms with E-state index in [1.165, 1.54) is 24.3 Å². The van der Waals surface area contributed by atoms with E-state index < -0.39 is 16.1 Å². The molecule has 0 heterocycles. The van der Waals surface area contributed by atoms with Crippen LogP contribution in [0.2, 0.25) is 0 Å². The van der Waals surface area contributed by atoms with Gasteiger partial charge in [0.05, 0.1) is 11.0 Å². The van der Waals surface area contributed by atoms with Crippen molar-refractivity contribution < 1.29 is 18.3 Å². The van der Waals surface area contributed by atoms with Crippen LogP contribution < -0.4 is 10.0 Å². The summed E-state index contributed by atoms with van der Waals surface area (Å²) in [7, 11) is -3.51. The summed E-state index contributed by atoms with van der Waals surface area (Å²) < 4.78 is 25.9. The molecule has 0 radical (unpaired) electrons. The van der Waals surface area contributed by atoms with Gasteiger partial charge in [-0.3, -0.25) is 4.79 Å². The molecule has 7 heteroatoms. The molecule has 0 bridgehead atoms. The van der Waals surface area contributed by atoms with E-state index in [0.29, 0.717) is 18.5 Å². The first-order valence-corrected chi connectivity index (χ1v) is 8.45. The van der Waals surface area contributed by atoms with Crippen LogP contribution in [-0.2, 0) is 10.0 Å². The van der Waals surface area contributed by atoms with Gasteiger partial charge in [-0.05, 0) is 30.7 Å². The molecule has 0 aliphatic carbocycles. The molecule has 21 heavy (non-hydrogen) atoms. The van der Waals surface area contributed by atoms with E-state index in [2.05, 4.69) is 10.0 Å². The molecule has 0 fully saturated rings.